The largest absolute Gasteiger partial charge is 0.466 e. The number of hydrazone groups is 1. The minimum atomic E-state index is -0.298. The van der Waals surface area contributed by atoms with Gasteiger partial charge in [0.2, 0.25) is 0 Å². The SMILES string of the molecule is Cc1cc(C(=O)N/N=C\c2cccc(Cl)c2)c(C)o1. The van der Waals surface area contributed by atoms with Crippen molar-refractivity contribution in [3.8, 4) is 0 Å². The Morgan fingerprint density at radius 3 is 2.79 bits per heavy atom. The first-order valence-electron chi connectivity index (χ1n) is 5.72. The quantitative estimate of drug-likeness (QED) is 0.691. The fourth-order valence-corrected chi connectivity index (χ4v) is 1.87. The summed E-state index contributed by atoms with van der Waals surface area (Å²) in [5.74, 6) is 0.974. The maximum atomic E-state index is 11.8. The number of halogens is 1. The van der Waals surface area contributed by atoms with Gasteiger partial charge in [0.05, 0.1) is 11.8 Å². The molecule has 0 aliphatic carbocycles. The molecule has 0 spiro atoms. The lowest BCUT2D eigenvalue weighted by Crippen LogP contribution is -2.17. The molecule has 19 heavy (non-hydrogen) atoms. The monoisotopic (exact) mass is 276 g/mol. The summed E-state index contributed by atoms with van der Waals surface area (Å²) in [7, 11) is 0. The molecule has 5 heteroatoms. The molecule has 2 aromatic rings. The van der Waals surface area contributed by atoms with E-state index in [9.17, 15) is 4.79 Å². The normalized spacial score (nSPS) is 10.9. The molecule has 0 unspecified atom stereocenters. The number of aryl methyl sites for hydroxylation is 2. The van der Waals surface area contributed by atoms with Gasteiger partial charge in [0.25, 0.3) is 5.91 Å². The van der Waals surface area contributed by atoms with Gasteiger partial charge in [-0.3, -0.25) is 4.79 Å². The van der Waals surface area contributed by atoms with E-state index >= 15 is 0 Å². The average Bonchev–Trinajstić information content (AvgIpc) is 2.68. The van der Waals surface area contributed by atoms with Crippen LogP contribution in [0.2, 0.25) is 5.02 Å². The van der Waals surface area contributed by atoms with Crippen LogP contribution in [0.15, 0.2) is 39.9 Å². The maximum Gasteiger partial charge on any atom is 0.274 e. The molecule has 1 aromatic heterocycles. The Morgan fingerprint density at radius 1 is 1.37 bits per heavy atom. The van der Waals surface area contributed by atoms with Crippen LogP contribution >= 0.6 is 11.6 Å². The number of amides is 1. The number of furan rings is 1. The van der Waals surface area contributed by atoms with E-state index in [-0.39, 0.29) is 5.91 Å². The van der Waals surface area contributed by atoms with Crippen molar-refractivity contribution in [2.45, 2.75) is 13.8 Å². The molecule has 0 radical (unpaired) electrons. The van der Waals surface area contributed by atoms with Crippen LogP contribution in [0.1, 0.15) is 27.4 Å². The second kappa shape index (κ2) is 5.71. The Kier molecular flexibility index (Phi) is 4.02. The van der Waals surface area contributed by atoms with Crippen molar-refractivity contribution in [2.24, 2.45) is 5.10 Å². The molecule has 1 amide bonds. The van der Waals surface area contributed by atoms with Crippen molar-refractivity contribution in [1.82, 2.24) is 5.43 Å². The molecule has 0 aliphatic rings. The van der Waals surface area contributed by atoms with Crippen LogP contribution in [0.25, 0.3) is 0 Å². The van der Waals surface area contributed by atoms with E-state index in [1.165, 1.54) is 6.21 Å². The van der Waals surface area contributed by atoms with Gasteiger partial charge in [0.15, 0.2) is 0 Å². The zero-order valence-corrected chi connectivity index (χ0v) is 11.4. The Balaban J connectivity index is 2.03. The predicted octanol–water partition coefficient (Wildman–Crippen LogP) is 3.31. The lowest BCUT2D eigenvalue weighted by Gasteiger charge is -1.97. The van der Waals surface area contributed by atoms with E-state index in [0.717, 1.165) is 5.56 Å². The number of nitrogens with one attached hydrogen (secondary N) is 1. The van der Waals surface area contributed by atoms with Crippen molar-refractivity contribution in [1.29, 1.82) is 0 Å². The highest BCUT2D eigenvalue weighted by Crippen LogP contribution is 2.13. The maximum absolute atomic E-state index is 11.8. The Labute approximate surface area is 116 Å². The summed E-state index contributed by atoms with van der Waals surface area (Å²) in [5, 5.41) is 4.51. The van der Waals surface area contributed by atoms with Gasteiger partial charge in [-0.2, -0.15) is 5.10 Å². The summed E-state index contributed by atoms with van der Waals surface area (Å²) in [6.07, 6.45) is 1.53. The summed E-state index contributed by atoms with van der Waals surface area (Å²) in [6, 6.07) is 8.86. The van der Waals surface area contributed by atoms with Gasteiger partial charge < -0.3 is 4.42 Å². The molecular formula is C14H13ClN2O2. The highest BCUT2D eigenvalue weighted by Gasteiger charge is 2.12. The summed E-state index contributed by atoms with van der Waals surface area (Å²) >= 11 is 5.84. The molecule has 0 bridgehead atoms. The number of hydrogen-bond acceptors (Lipinski definition) is 3. The summed E-state index contributed by atoms with van der Waals surface area (Å²) in [6.45, 7) is 3.53. The third-order valence-corrected chi connectivity index (χ3v) is 2.75. The van der Waals surface area contributed by atoms with Crippen LogP contribution in [0.3, 0.4) is 0 Å². The summed E-state index contributed by atoms with van der Waals surface area (Å²) < 4.78 is 5.29. The standard InChI is InChI=1S/C14H13ClN2O2/c1-9-6-13(10(2)19-9)14(18)17-16-8-11-4-3-5-12(15)7-11/h3-8H,1-2H3,(H,17,18)/b16-8-. The van der Waals surface area contributed by atoms with Gasteiger partial charge in [-0.25, -0.2) is 5.43 Å². The third-order valence-electron chi connectivity index (χ3n) is 2.51. The molecule has 2 rings (SSSR count). The molecule has 0 saturated heterocycles. The highest BCUT2D eigenvalue weighted by molar-refractivity contribution is 6.30. The molecule has 4 nitrogen and oxygen atoms in total. The first kappa shape index (κ1) is 13.4. The summed E-state index contributed by atoms with van der Waals surface area (Å²) in [4.78, 5) is 11.8. The Morgan fingerprint density at radius 2 is 2.16 bits per heavy atom. The second-order valence-corrected chi connectivity index (χ2v) is 4.52. The Bertz CT molecular complexity index is 632. The van der Waals surface area contributed by atoms with Crippen LogP contribution in [0, 0.1) is 13.8 Å². The van der Waals surface area contributed by atoms with Gasteiger partial charge in [0, 0.05) is 5.02 Å². The highest BCUT2D eigenvalue weighted by atomic mass is 35.5. The van der Waals surface area contributed by atoms with E-state index in [0.29, 0.717) is 22.1 Å². The molecule has 0 atom stereocenters. The van der Waals surface area contributed by atoms with E-state index < -0.39 is 0 Å². The van der Waals surface area contributed by atoms with Crippen LogP contribution in [-0.2, 0) is 0 Å². The van der Waals surface area contributed by atoms with E-state index in [1.807, 2.05) is 12.1 Å². The van der Waals surface area contributed by atoms with Crippen LogP contribution in [0.5, 0.6) is 0 Å². The van der Waals surface area contributed by atoms with Crippen LogP contribution in [0.4, 0.5) is 0 Å². The second-order valence-electron chi connectivity index (χ2n) is 4.08. The zero-order chi connectivity index (χ0) is 13.8. The van der Waals surface area contributed by atoms with Crippen molar-refractivity contribution >= 4 is 23.7 Å². The molecule has 1 heterocycles. The van der Waals surface area contributed by atoms with Crippen molar-refractivity contribution < 1.29 is 9.21 Å². The number of nitrogens with zero attached hydrogens (tertiary/aromatic N) is 1. The Hall–Kier alpha value is -2.07. The lowest BCUT2D eigenvalue weighted by atomic mass is 10.2. The first-order chi connectivity index (χ1) is 9.06. The fourth-order valence-electron chi connectivity index (χ4n) is 1.67. The van der Waals surface area contributed by atoms with Gasteiger partial charge >= 0.3 is 0 Å². The van der Waals surface area contributed by atoms with Gasteiger partial charge in [-0.15, -0.1) is 0 Å². The van der Waals surface area contributed by atoms with E-state index in [2.05, 4.69) is 10.5 Å². The minimum Gasteiger partial charge on any atom is -0.466 e. The predicted molar refractivity (Wildman–Crippen MR) is 74.7 cm³/mol. The van der Waals surface area contributed by atoms with E-state index in [1.54, 1.807) is 32.0 Å². The number of benzene rings is 1. The molecular weight excluding hydrogens is 264 g/mol. The summed E-state index contributed by atoms with van der Waals surface area (Å²) in [5.41, 5.74) is 3.75. The number of carbonyl (C=O) groups excluding carboxylic acids is 1. The molecule has 0 aliphatic heterocycles. The molecule has 0 saturated carbocycles. The average molecular weight is 277 g/mol. The zero-order valence-electron chi connectivity index (χ0n) is 10.6. The van der Waals surface area contributed by atoms with Crippen LogP contribution in [-0.4, -0.2) is 12.1 Å². The van der Waals surface area contributed by atoms with E-state index in [4.69, 9.17) is 16.0 Å². The van der Waals surface area contributed by atoms with Crippen molar-refractivity contribution in [3.63, 3.8) is 0 Å². The number of rotatable bonds is 3. The number of carbonyl (C=O) groups is 1. The molecule has 1 N–H and O–H groups in total. The van der Waals surface area contributed by atoms with Crippen molar-refractivity contribution in [2.75, 3.05) is 0 Å². The van der Waals surface area contributed by atoms with Gasteiger partial charge in [0.1, 0.15) is 11.5 Å². The number of hydrogen-bond donors (Lipinski definition) is 1. The van der Waals surface area contributed by atoms with Crippen LogP contribution < -0.4 is 5.43 Å². The van der Waals surface area contributed by atoms with Crippen molar-refractivity contribution in [3.05, 3.63) is 58.0 Å². The molecule has 1 aromatic carbocycles. The van der Waals surface area contributed by atoms with Gasteiger partial charge in [-0.1, -0.05) is 23.7 Å². The molecule has 98 valence electrons. The smallest absolute Gasteiger partial charge is 0.274 e. The fraction of sp³-hybridized carbons (Fsp3) is 0.143. The minimum absolute atomic E-state index is 0.298. The lowest BCUT2D eigenvalue weighted by molar-refractivity contribution is 0.0953. The first-order valence-corrected chi connectivity index (χ1v) is 6.10. The topological polar surface area (TPSA) is 54.6 Å². The molecule has 0 fully saturated rings. The third kappa shape index (κ3) is 3.45. The van der Waals surface area contributed by atoms with Gasteiger partial charge in [-0.05, 0) is 37.6 Å².